The summed E-state index contributed by atoms with van der Waals surface area (Å²) in [6, 6.07) is 9.14. The number of carboxylic acid groups (broad SMARTS) is 1. The molecule has 0 radical (unpaired) electrons. The van der Waals surface area contributed by atoms with Gasteiger partial charge in [0.15, 0.2) is 0 Å². The molecule has 0 aromatic heterocycles. The van der Waals surface area contributed by atoms with E-state index in [1.165, 1.54) is 6.07 Å². The molecule has 2 rings (SSSR count). The van der Waals surface area contributed by atoms with Crippen LogP contribution in [-0.2, 0) is 10.8 Å². The van der Waals surface area contributed by atoms with Gasteiger partial charge >= 0.3 is 12.1 Å². The molecular formula is C16H13ClF2O4. The second-order valence-electron chi connectivity index (χ2n) is 4.83. The Morgan fingerprint density at radius 2 is 1.91 bits per heavy atom. The van der Waals surface area contributed by atoms with Crippen LogP contribution in [0.5, 0.6) is 0 Å². The molecule has 0 amide bonds. The van der Waals surface area contributed by atoms with Gasteiger partial charge in [0.05, 0.1) is 11.1 Å². The van der Waals surface area contributed by atoms with Crippen LogP contribution in [0.1, 0.15) is 33.2 Å². The Hall–Kier alpha value is -2.02. The molecule has 2 aromatic carbocycles. The summed E-state index contributed by atoms with van der Waals surface area (Å²) in [5.41, 5.74) is -0.683. The highest BCUT2D eigenvalue weighted by Gasteiger charge is 2.33. The minimum Gasteiger partial charge on any atom is -0.478 e. The summed E-state index contributed by atoms with van der Waals surface area (Å²) in [6.45, 7) is 0. The fourth-order valence-corrected chi connectivity index (χ4v) is 2.29. The van der Waals surface area contributed by atoms with Crippen molar-refractivity contribution in [1.29, 1.82) is 0 Å². The van der Waals surface area contributed by atoms with E-state index >= 15 is 0 Å². The number of aromatic carboxylic acids is 1. The van der Waals surface area contributed by atoms with Gasteiger partial charge in [0.2, 0.25) is 0 Å². The van der Waals surface area contributed by atoms with Crippen molar-refractivity contribution in [3.63, 3.8) is 0 Å². The van der Waals surface area contributed by atoms with E-state index in [2.05, 4.69) is 4.74 Å². The second kappa shape index (κ2) is 6.62. The topological polar surface area (TPSA) is 66.8 Å². The third kappa shape index (κ3) is 3.85. The fourth-order valence-electron chi connectivity index (χ4n) is 2.09. The van der Waals surface area contributed by atoms with E-state index in [1.807, 2.05) is 0 Å². The van der Waals surface area contributed by atoms with E-state index in [4.69, 9.17) is 16.7 Å². The average Bonchev–Trinajstić information content (AvgIpc) is 2.53. The lowest BCUT2D eigenvalue weighted by molar-refractivity contribution is -0.231. The van der Waals surface area contributed by atoms with Crippen molar-refractivity contribution in [3.8, 4) is 0 Å². The molecule has 0 saturated carbocycles. The molecule has 2 aromatic rings. The number of aliphatic hydroxyl groups is 1. The molecule has 7 heteroatoms. The maximum atomic E-state index is 13.7. The lowest BCUT2D eigenvalue weighted by atomic mass is 9.97. The van der Waals surface area contributed by atoms with Crippen LogP contribution in [0.2, 0.25) is 5.02 Å². The number of aliphatic hydroxyl groups excluding tert-OH is 1. The zero-order chi connectivity index (χ0) is 17.2. The number of carbonyl (C=O) groups is 1. The molecule has 0 spiro atoms. The quantitative estimate of drug-likeness (QED) is 0.867. The van der Waals surface area contributed by atoms with Crippen LogP contribution in [0.25, 0.3) is 0 Å². The molecule has 0 saturated heterocycles. The highest BCUT2D eigenvalue weighted by molar-refractivity contribution is 6.30. The van der Waals surface area contributed by atoms with Gasteiger partial charge in [-0.05, 0) is 41.5 Å². The fraction of sp³-hybridized carbons (Fsp3) is 0.188. The normalized spacial score (nSPS) is 12.9. The first-order chi connectivity index (χ1) is 10.7. The van der Waals surface area contributed by atoms with Crippen LogP contribution in [0.15, 0.2) is 42.5 Å². The summed E-state index contributed by atoms with van der Waals surface area (Å²) in [5.74, 6) is -1.39. The van der Waals surface area contributed by atoms with E-state index in [1.54, 1.807) is 18.2 Å². The van der Waals surface area contributed by atoms with Gasteiger partial charge in [-0.3, -0.25) is 0 Å². The van der Waals surface area contributed by atoms with E-state index < -0.39 is 23.7 Å². The van der Waals surface area contributed by atoms with Gasteiger partial charge in [0.25, 0.3) is 0 Å². The third-order valence-corrected chi connectivity index (χ3v) is 3.51. The van der Waals surface area contributed by atoms with E-state index in [-0.39, 0.29) is 11.1 Å². The van der Waals surface area contributed by atoms with Crippen molar-refractivity contribution in [3.05, 3.63) is 69.7 Å². The second-order valence-corrected chi connectivity index (χ2v) is 5.26. The monoisotopic (exact) mass is 342 g/mol. The Bertz CT molecular complexity index is 734. The number of ether oxygens (including phenoxy) is 1. The number of hydrogen-bond acceptors (Lipinski definition) is 3. The lowest BCUT2D eigenvalue weighted by Gasteiger charge is -2.18. The summed E-state index contributed by atoms with van der Waals surface area (Å²) in [6.07, 6.45) is -4.98. The standard InChI is InChI=1S/C16H13ClF2O4/c1-23-16(18,19)12-6-10(5-11(7-12)15(21)22)14(20)9-3-2-4-13(17)8-9/h2-8,14,20H,1H3,(H,21,22). The van der Waals surface area contributed by atoms with Gasteiger partial charge in [-0.25, -0.2) is 4.79 Å². The van der Waals surface area contributed by atoms with Crippen LogP contribution >= 0.6 is 11.6 Å². The predicted octanol–water partition coefficient (Wildman–Crippen LogP) is 3.82. The Morgan fingerprint density at radius 3 is 2.48 bits per heavy atom. The lowest BCUT2D eigenvalue weighted by Crippen LogP contribution is -2.17. The Kier molecular flexibility index (Phi) is 4.99. The molecule has 0 aliphatic carbocycles. The van der Waals surface area contributed by atoms with E-state index in [0.717, 1.165) is 25.3 Å². The third-order valence-electron chi connectivity index (χ3n) is 3.27. The average molecular weight is 343 g/mol. The number of alkyl halides is 2. The van der Waals surface area contributed by atoms with Crippen LogP contribution in [0.4, 0.5) is 8.78 Å². The maximum absolute atomic E-state index is 13.7. The first kappa shape index (κ1) is 17.3. The van der Waals surface area contributed by atoms with Crippen molar-refractivity contribution >= 4 is 17.6 Å². The Balaban J connectivity index is 2.55. The number of carboxylic acids is 1. The highest BCUT2D eigenvalue weighted by atomic mass is 35.5. The molecule has 122 valence electrons. The zero-order valence-electron chi connectivity index (χ0n) is 12.0. The maximum Gasteiger partial charge on any atom is 0.383 e. The van der Waals surface area contributed by atoms with Gasteiger partial charge in [0.1, 0.15) is 6.10 Å². The number of benzene rings is 2. The van der Waals surface area contributed by atoms with Gasteiger partial charge in [-0.1, -0.05) is 23.7 Å². The van der Waals surface area contributed by atoms with E-state index in [0.29, 0.717) is 10.6 Å². The number of rotatable bonds is 5. The summed E-state index contributed by atoms with van der Waals surface area (Å²) < 4.78 is 31.5. The summed E-state index contributed by atoms with van der Waals surface area (Å²) >= 11 is 5.84. The molecule has 0 fully saturated rings. The Labute approximate surface area is 135 Å². The summed E-state index contributed by atoms with van der Waals surface area (Å²) in [7, 11) is 0.806. The first-order valence-corrected chi connectivity index (χ1v) is 6.87. The summed E-state index contributed by atoms with van der Waals surface area (Å²) in [5, 5.41) is 19.8. The first-order valence-electron chi connectivity index (χ1n) is 6.50. The van der Waals surface area contributed by atoms with Gasteiger partial charge in [-0.2, -0.15) is 8.78 Å². The minimum absolute atomic E-state index is 0.00103. The molecular weight excluding hydrogens is 330 g/mol. The minimum atomic E-state index is -3.67. The molecule has 0 aliphatic heterocycles. The van der Waals surface area contributed by atoms with Crippen molar-refractivity contribution < 1.29 is 28.5 Å². The molecule has 4 nitrogen and oxygen atoms in total. The molecule has 1 atom stereocenters. The summed E-state index contributed by atoms with van der Waals surface area (Å²) in [4.78, 5) is 11.1. The highest BCUT2D eigenvalue weighted by Crippen LogP contribution is 2.33. The largest absolute Gasteiger partial charge is 0.478 e. The molecule has 0 bridgehead atoms. The van der Waals surface area contributed by atoms with Crippen LogP contribution in [0, 0.1) is 0 Å². The van der Waals surface area contributed by atoms with Gasteiger partial charge < -0.3 is 14.9 Å². The molecule has 0 aliphatic rings. The smallest absolute Gasteiger partial charge is 0.383 e. The zero-order valence-corrected chi connectivity index (χ0v) is 12.7. The number of methoxy groups -OCH3 is 1. The number of hydrogen-bond donors (Lipinski definition) is 2. The van der Waals surface area contributed by atoms with Crippen molar-refractivity contribution in [1.82, 2.24) is 0 Å². The van der Waals surface area contributed by atoms with Crippen molar-refractivity contribution in [2.24, 2.45) is 0 Å². The molecule has 2 N–H and O–H groups in total. The van der Waals surface area contributed by atoms with Crippen molar-refractivity contribution in [2.75, 3.05) is 7.11 Å². The predicted molar refractivity (Wildman–Crippen MR) is 79.8 cm³/mol. The van der Waals surface area contributed by atoms with E-state index in [9.17, 15) is 18.7 Å². The molecule has 1 unspecified atom stereocenters. The Morgan fingerprint density at radius 1 is 1.22 bits per heavy atom. The van der Waals surface area contributed by atoms with Gasteiger partial charge in [-0.15, -0.1) is 0 Å². The van der Waals surface area contributed by atoms with Crippen LogP contribution in [-0.4, -0.2) is 23.3 Å². The SMILES string of the molecule is COC(F)(F)c1cc(C(=O)O)cc(C(O)c2cccc(Cl)c2)c1. The van der Waals surface area contributed by atoms with Crippen LogP contribution < -0.4 is 0 Å². The number of halogens is 3. The van der Waals surface area contributed by atoms with Crippen LogP contribution in [0.3, 0.4) is 0 Å². The van der Waals surface area contributed by atoms with Gasteiger partial charge in [0, 0.05) is 12.1 Å². The molecule has 23 heavy (non-hydrogen) atoms. The van der Waals surface area contributed by atoms with Crippen molar-refractivity contribution in [2.45, 2.75) is 12.2 Å². The molecule has 0 heterocycles.